The van der Waals surface area contributed by atoms with E-state index in [2.05, 4.69) is 47.2 Å². The van der Waals surface area contributed by atoms with Gasteiger partial charge in [0.25, 0.3) is 0 Å². The molecule has 5 nitrogen and oxygen atoms in total. The smallest absolute Gasteiger partial charge is 0.235 e. The van der Waals surface area contributed by atoms with Crippen molar-refractivity contribution in [3.63, 3.8) is 0 Å². The maximum absolute atomic E-state index is 4.82. The molecule has 130 valence electrons. The molecule has 6 heteroatoms. The normalized spacial score (nSPS) is 15.7. The molecule has 0 spiro atoms. The summed E-state index contributed by atoms with van der Waals surface area (Å²) in [5.74, 6) is 0.830. The van der Waals surface area contributed by atoms with E-state index in [-0.39, 0.29) is 0 Å². The number of nitrogens with zero attached hydrogens (tertiary/aromatic N) is 5. The van der Waals surface area contributed by atoms with Crippen LogP contribution in [0.25, 0.3) is 21.9 Å². The van der Waals surface area contributed by atoms with Crippen molar-refractivity contribution in [3.8, 4) is 11.4 Å². The van der Waals surface area contributed by atoms with E-state index in [1.807, 2.05) is 16.6 Å². The van der Waals surface area contributed by atoms with Crippen LogP contribution in [0.4, 0.5) is 0 Å². The van der Waals surface area contributed by atoms with Crippen LogP contribution in [0.15, 0.2) is 30.3 Å². The van der Waals surface area contributed by atoms with Gasteiger partial charge in [0.05, 0.1) is 0 Å². The van der Waals surface area contributed by atoms with Crippen molar-refractivity contribution < 1.29 is 0 Å². The van der Waals surface area contributed by atoms with Gasteiger partial charge in [-0.3, -0.25) is 4.90 Å². The SMILES string of the molecule is CCCCN1CC=C(c2nn3c(-c4ccccc4C)nnc3s2)CC1. The van der Waals surface area contributed by atoms with Crippen molar-refractivity contribution in [1.29, 1.82) is 0 Å². The van der Waals surface area contributed by atoms with E-state index in [0.717, 1.165) is 40.9 Å². The number of unbranched alkanes of at least 4 members (excludes halogenated alkanes) is 1. The Morgan fingerprint density at radius 1 is 1.20 bits per heavy atom. The second-order valence-corrected chi connectivity index (χ2v) is 7.53. The summed E-state index contributed by atoms with van der Waals surface area (Å²) < 4.78 is 1.90. The van der Waals surface area contributed by atoms with Crippen LogP contribution < -0.4 is 0 Å². The van der Waals surface area contributed by atoms with Crippen LogP contribution in [0.1, 0.15) is 36.8 Å². The standard InChI is InChI=1S/C19H23N5S/c1-3-4-11-23-12-9-15(10-13-23)18-22-24-17(20-21-19(24)25-18)16-8-6-5-7-14(16)2/h5-9H,3-4,10-13H2,1-2H3. The highest BCUT2D eigenvalue weighted by molar-refractivity contribution is 7.17. The highest BCUT2D eigenvalue weighted by Gasteiger charge is 2.19. The number of fused-ring (bicyclic) bond motifs is 1. The zero-order valence-corrected chi connectivity index (χ0v) is 15.6. The fourth-order valence-corrected chi connectivity index (χ4v) is 4.14. The van der Waals surface area contributed by atoms with Crippen LogP contribution in [0.2, 0.25) is 0 Å². The molecule has 0 unspecified atom stereocenters. The van der Waals surface area contributed by atoms with Gasteiger partial charge < -0.3 is 0 Å². The molecule has 0 saturated heterocycles. The van der Waals surface area contributed by atoms with Gasteiger partial charge in [0, 0.05) is 18.7 Å². The topological polar surface area (TPSA) is 46.3 Å². The first-order valence-electron chi connectivity index (χ1n) is 8.96. The molecular formula is C19H23N5S. The summed E-state index contributed by atoms with van der Waals surface area (Å²) in [6.07, 6.45) is 5.93. The summed E-state index contributed by atoms with van der Waals surface area (Å²) in [7, 11) is 0. The van der Waals surface area contributed by atoms with E-state index in [0.29, 0.717) is 0 Å². The maximum Gasteiger partial charge on any atom is 0.235 e. The predicted octanol–water partition coefficient (Wildman–Crippen LogP) is 4.05. The maximum atomic E-state index is 4.82. The zero-order valence-electron chi connectivity index (χ0n) is 14.8. The molecule has 0 fully saturated rings. The van der Waals surface area contributed by atoms with E-state index in [1.54, 1.807) is 11.3 Å². The Morgan fingerprint density at radius 3 is 2.84 bits per heavy atom. The fourth-order valence-electron chi connectivity index (χ4n) is 3.23. The highest BCUT2D eigenvalue weighted by atomic mass is 32.1. The summed E-state index contributed by atoms with van der Waals surface area (Å²) in [4.78, 5) is 3.38. The van der Waals surface area contributed by atoms with E-state index < -0.39 is 0 Å². The first kappa shape index (κ1) is 16.4. The molecule has 2 aromatic heterocycles. The van der Waals surface area contributed by atoms with Crippen LogP contribution in [-0.4, -0.2) is 44.3 Å². The third kappa shape index (κ3) is 3.24. The van der Waals surface area contributed by atoms with Gasteiger partial charge in [0.2, 0.25) is 4.96 Å². The van der Waals surface area contributed by atoms with Crippen LogP contribution >= 0.6 is 11.3 Å². The summed E-state index contributed by atoms with van der Waals surface area (Å²) in [5.41, 5.74) is 3.63. The molecule has 1 aromatic carbocycles. The lowest BCUT2D eigenvalue weighted by atomic mass is 10.1. The van der Waals surface area contributed by atoms with Crippen molar-refractivity contribution in [2.45, 2.75) is 33.1 Å². The molecule has 1 aliphatic heterocycles. The van der Waals surface area contributed by atoms with Crippen LogP contribution in [0.5, 0.6) is 0 Å². The van der Waals surface area contributed by atoms with Crippen LogP contribution in [-0.2, 0) is 0 Å². The van der Waals surface area contributed by atoms with Gasteiger partial charge >= 0.3 is 0 Å². The lowest BCUT2D eigenvalue weighted by molar-refractivity contribution is 0.297. The predicted molar refractivity (Wildman–Crippen MR) is 103 cm³/mol. The third-order valence-corrected chi connectivity index (χ3v) is 5.75. The largest absolute Gasteiger partial charge is 0.299 e. The molecule has 0 radical (unpaired) electrons. The molecule has 0 atom stereocenters. The number of hydrogen-bond donors (Lipinski definition) is 0. The van der Waals surface area contributed by atoms with Gasteiger partial charge in [-0.1, -0.05) is 55.0 Å². The van der Waals surface area contributed by atoms with E-state index in [9.17, 15) is 0 Å². The van der Waals surface area contributed by atoms with Crippen LogP contribution in [0.3, 0.4) is 0 Å². The Bertz CT molecular complexity index is 908. The number of rotatable bonds is 5. The van der Waals surface area contributed by atoms with Gasteiger partial charge in [-0.15, -0.1) is 10.2 Å². The minimum Gasteiger partial charge on any atom is -0.299 e. The van der Waals surface area contributed by atoms with Crippen molar-refractivity contribution in [3.05, 3.63) is 40.9 Å². The number of benzene rings is 1. The van der Waals surface area contributed by atoms with Crippen LogP contribution in [0, 0.1) is 6.92 Å². The summed E-state index contributed by atoms with van der Waals surface area (Å²) in [5, 5.41) is 14.6. The van der Waals surface area contributed by atoms with E-state index in [1.165, 1.54) is 30.5 Å². The Morgan fingerprint density at radius 2 is 2.08 bits per heavy atom. The van der Waals surface area contributed by atoms with E-state index >= 15 is 0 Å². The fraction of sp³-hybridized carbons (Fsp3) is 0.421. The van der Waals surface area contributed by atoms with Crippen molar-refractivity contribution in [1.82, 2.24) is 24.7 Å². The molecule has 1 aliphatic rings. The summed E-state index contributed by atoms with van der Waals surface area (Å²) in [6, 6.07) is 8.25. The number of aromatic nitrogens is 4. The molecular weight excluding hydrogens is 330 g/mol. The quantitative estimate of drug-likeness (QED) is 0.694. The Labute approximate surface area is 152 Å². The molecule has 25 heavy (non-hydrogen) atoms. The van der Waals surface area contributed by atoms with Gasteiger partial charge in [0.15, 0.2) is 5.82 Å². The summed E-state index contributed by atoms with van der Waals surface area (Å²) >= 11 is 1.64. The average molecular weight is 353 g/mol. The Hall–Kier alpha value is -2.05. The zero-order chi connectivity index (χ0) is 17.2. The van der Waals surface area contributed by atoms with Crippen molar-refractivity contribution in [2.24, 2.45) is 0 Å². The lowest BCUT2D eigenvalue weighted by Crippen LogP contribution is -2.29. The lowest BCUT2D eigenvalue weighted by Gasteiger charge is -2.25. The van der Waals surface area contributed by atoms with Gasteiger partial charge in [-0.25, -0.2) is 0 Å². The van der Waals surface area contributed by atoms with Gasteiger partial charge in [-0.05, 0) is 37.4 Å². The molecule has 0 aliphatic carbocycles. The highest BCUT2D eigenvalue weighted by Crippen LogP contribution is 2.29. The number of hydrogen-bond acceptors (Lipinski definition) is 5. The molecule has 0 bridgehead atoms. The molecule has 0 amide bonds. The minimum absolute atomic E-state index is 0.830. The third-order valence-electron chi connectivity index (χ3n) is 4.77. The molecule has 4 rings (SSSR count). The second kappa shape index (κ2) is 7.06. The van der Waals surface area contributed by atoms with Crippen molar-refractivity contribution in [2.75, 3.05) is 19.6 Å². The van der Waals surface area contributed by atoms with Crippen molar-refractivity contribution >= 4 is 21.9 Å². The van der Waals surface area contributed by atoms with Gasteiger partial charge in [0.1, 0.15) is 5.01 Å². The first-order valence-corrected chi connectivity index (χ1v) is 9.78. The average Bonchev–Trinajstić information content (AvgIpc) is 3.22. The summed E-state index contributed by atoms with van der Waals surface area (Å²) in [6.45, 7) is 7.69. The Balaban J connectivity index is 1.61. The molecule has 0 saturated carbocycles. The Kier molecular flexibility index (Phi) is 4.63. The molecule has 3 heterocycles. The second-order valence-electron chi connectivity index (χ2n) is 6.57. The molecule has 3 aromatic rings. The minimum atomic E-state index is 0.830. The molecule has 0 N–H and O–H groups in total. The van der Waals surface area contributed by atoms with E-state index in [4.69, 9.17) is 5.10 Å². The monoisotopic (exact) mass is 353 g/mol. The van der Waals surface area contributed by atoms with Gasteiger partial charge in [-0.2, -0.15) is 9.61 Å². The number of aryl methyl sites for hydroxylation is 1. The first-order chi connectivity index (χ1) is 12.3.